The summed E-state index contributed by atoms with van der Waals surface area (Å²) in [5.74, 6) is -1.17. The first-order chi connectivity index (χ1) is 13.4. The Morgan fingerprint density at radius 3 is 2.68 bits per heavy atom. The number of aromatic nitrogens is 2. The van der Waals surface area contributed by atoms with Crippen molar-refractivity contribution in [3.05, 3.63) is 68.0 Å². The third kappa shape index (κ3) is 4.97. The van der Waals surface area contributed by atoms with E-state index in [2.05, 4.69) is 17.4 Å². The quantitative estimate of drug-likeness (QED) is 0.716. The largest absolute Gasteiger partial charge is 0.454 e. The SMILES string of the molecule is C[C@@H](NC(=O)COC(=O)Cn1ccc(=O)[nH]c1=O)c1ccc2c(c1)CCCC2. The van der Waals surface area contributed by atoms with Gasteiger partial charge in [-0.05, 0) is 49.3 Å². The number of hydrogen-bond donors (Lipinski definition) is 2. The summed E-state index contributed by atoms with van der Waals surface area (Å²) in [5.41, 5.74) is 2.46. The van der Waals surface area contributed by atoms with Crippen LogP contribution in [-0.2, 0) is 33.7 Å². The Bertz CT molecular complexity index is 992. The summed E-state index contributed by atoms with van der Waals surface area (Å²) in [7, 11) is 0. The van der Waals surface area contributed by atoms with Gasteiger partial charge >= 0.3 is 11.7 Å². The molecule has 1 amide bonds. The number of nitrogens with zero attached hydrogens (tertiary/aromatic N) is 1. The minimum Gasteiger partial charge on any atom is -0.454 e. The Kier molecular flexibility index (Phi) is 6.08. The highest BCUT2D eigenvalue weighted by Gasteiger charge is 2.15. The van der Waals surface area contributed by atoms with Gasteiger partial charge in [-0.1, -0.05) is 18.2 Å². The molecule has 3 rings (SSSR count). The average Bonchev–Trinajstić information content (AvgIpc) is 2.68. The van der Waals surface area contributed by atoms with Gasteiger partial charge in [0.2, 0.25) is 0 Å². The molecule has 8 heteroatoms. The Labute approximate surface area is 161 Å². The first-order valence-electron chi connectivity index (χ1n) is 9.29. The molecule has 1 aromatic heterocycles. The second kappa shape index (κ2) is 8.69. The summed E-state index contributed by atoms with van der Waals surface area (Å²) in [4.78, 5) is 48.5. The summed E-state index contributed by atoms with van der Waals surface area (Å²) in [6, 6.07) is 7.19. The lowest BCUT2D eigenvalue weighted by atomic mass is 9.89. The number of amides is 1. The molecule has 28 heavy (non-hydrogen) atoms. The summed E-state index contributed by atoms with van der Waals surface area (Å²) < 4.78 is 5.91. The van der Waals surface area contributed by atoms with Gasteiger partial charge in [0.25, 0.3) is 11.5 Å². The van der Waals surface area contributed by atoms with Crippen LogP contribution in [0.1, 0.15) is 42.5 Å². The van der Waals surface area contributed by atoms with Crippen LogP contribution in [0.4, 0.5) is 0 Å². The van der Waals surface area contributed by atoms with Gasteiger partial charge in [-0.2, -0.15) is 0 Å². The number of carbonyl (C=O) groups is 2. The molecule has 148 valence electrons. The molecule has 0 spiro atoms. The van der Waals surface area contributed by atoms with E-state index in [0.29, 0.717) is 0 Å². The lowest BCUT2D eigenvalue weighted by Crippen LogP contribution is -2.34. The zero-order chi connectivity index (χ0) is 20.1. The molecule has 2 aromatic rings. The van der Waals surface area contributed by atoms with Crippen LogP contribution in [0.2, 0.25) is 0 Å². The second-order valence-electron chi connectivity index (χ2n) is 6.92. The number of rotatable bonds is 6. The fraction of sp³-hybridized carbons (Fsp3) is 0.400. The number of aryl methyl sites for hydroxylation is 2. The van der Waals surface area contributed by atoms with Crippen molar-refractivity contribution in [3.8, 4) is 0 Å². The number of esters is 1. The van der Waals surface area contributed by atoms with Gasteiger partial charge in [-0.3, -0.25) is 23.9 Å². The van der Waals surface area contributed by atoms with Crippen LogP contribution in [0, 0.1) is 0 Å². The highest BCUT2D eigenvalue weighted by Crippen LogP contribution is 2.24. The molecule has 0 saturated carbocycles. The molecule has 0 saturated heterocycles. The monoisotopic (exact) mass is 385 g/mol. The third-order valence-corrected chi connectivity index (χ3v) is 4.81. The van der Waals surface area contributed by atoms with E-state index in [0.717, 1.165) is 29.0 Å². The maximum absolute atomic E-state index is 12.1. The van der Waals surface area contributed by atoms with Crippen LogP contribution in [0.25, 0.3) is 0 Å². The fourth-order valence-corrected chi connectivity index (χ4v) is 3.29. The van der Waals surface area contributed by atoms with Crippen molar-refractivity contribution >= 4 is 11.9 Å². The molecule has 0 bridgehead atoms. The summed E-state index contributed by atoms with van der Waals surface area (Å²) in [6.45, 7) is 1.06. The van der Waals surface area contributed by atoms with Crippen molar-refractivity contribution in [2.24, 2.45) is 0 Å². The minimum absolute atomic E-state index is 0.208. The zero-order valence-electron chi connectivity index (χ0n) is 15.7. The lowest BCUT2D eigenvalue weighted by Gasteiger charge is -2.20. The standard InChI is InChI=1S/C20H23N3O5/c1-13(15-7-6-14-4-2-3-5-16(14)10-15)21-18(25)12-28-19(26)11-23-9-8-17(24)22-20(23)27/h6-10,13H,2-5,11-12H2,1H3,(H,21,25)(H,22,24,27)/t13-/m1/s1. The molecular weight excluding hydrogens is 362 g/mol. The second-order valence-corrected chi connectivity index (χ2v) is 6.92. The first kappa shape index (κ1) is 19.6. The molecule has 1 heterocycles. The molecule has 2 N–H and O–H groups in total. The van der Waals surface area contributed by atoms with Gasteiger partial charge in [0.05, 0.1) is 6.04 Å². The lowest BCUT2D eigenvalue weighted by molar-refractivity contribution is -0.149. The van der Waals surface area contributed by atoms with Gasteiger partial charge in [0.1, 0.15) is 6.54 Å². The molecule has 0 aliphatic heterocycles. The van der Waals surface area contributed by atoms with Crippen molar-refractivity contribution in [3.63, 3.8) is 0 Å². The van der Waals surface area contributed by atoms with E-state index in [9.17, 15) is 19.2 Å². The summed E-state index contributed by atoms with van der Waals surface area (Å²) in [6.07, 6.45) is 5.76. The van der Waals surface area contributed by atoms with E-state index in [-0.39, 0.29) is 12.6 Å². The summed E-state index contributed by atoms with van der Waals surface area (Å²) >= 11 is 0. The number of fused-ring (bicyclic) bond motifs is 1. The van der Waals surface area contributed by atoms with E-state index >= 15 is 0 Å². The Morgan fingerprint density at radius 1 is 1.18 bits per heavy atom. The van der Waals surface area contributed by atoms with Crippen molar-refractivity contribution < 1.29 is 14.3 Å². The van der Waals surface area contributed by atoms with E-state index in [1.165, 1.54) is 30.2 Å². The van der Waals surface area contributed by atoms with E-state index in [1.54, 1.807) is 0 Å². The van der Waals surface area contributed by atoms with E-state index in [4.69, 9.17) is 4.74 Å². The van der Waals surface area contributed by atoms with E-state index < -0.39 is 29.7 Å². The van der Waals surface area contributed by atoms with E-state index in [1.807, 2.05) is 18.0 Å². The maximum atomic E-state index is 12.1. The van der Waals surface area contributed by atoms with Crippen molar-refractivity contribution in [1.29, 1.82) is 0 Å². The normalized spacial score (nSPS) is 14.0. The number of H-pyrrole nitrogens is 1. The van der Waals surface area contributed by atoms with Crippen LogP contribution < -0.4 is 16.6 Å². The van der Waals surface area contributed by atoms with Gasteiger partial charge in [0.15, 0.2) is 6.61 Å². The number of benzene rings is 1. The highest BCUT2D eigenvalue weighted by atomic mass is 16.5. The first-order valence-corrected chi connectivity index (χ1v) is 9.29. The number of carbonyl (C=O) groups excluding carboxylic acids is 2. The van der Waals surface area contributed by atoms with Gasteiger partial charge in [0, 0.05) is 12.3 Å². The molecule has 1 aromatic carbocycles. The van der Waals surface area contributed by atoms with Gasteiger partial charge < -0.3 is 10.1 Å². The van der Waals surface area contributed by atoms with Gasteiger partial charge in [-0.25, -0.2) is 4.79 Å². The summed E-state index contributed by atoms with van der Waals surface area (Å²) in [5, 5.41) is 2.81. The molecule has 1 atom stereocenters. The highest BCUT2D eigenvalue weighted by molar-refractivity contribution is 5.80. The van der Waals surface area contributed by atoms with Crippen molar-refractivity contribution in [2.45, 2.75) is 45.2 Å². The zero-order valence-corrected chi connectivity index (χ0v) is 15.7. The Morgan fingerprint density at radius 2 is 1.93 bits per heavy atom. The fourth-order valence-electron chi connectivity index (χ4n) is 3.29. The molecular formula is C20H23N3O5. The van der Waals surface area contributed by atoms with Crippen LogP contribution in [0.15, 0.2) is 40.1 Å². The molecule has 1 aliphatic carbocycles. The number of hydrogen-bond acceptors (Lipinski definition) is 5. The van der Waals surface area contributed by atoms with Crippen LogP contribution in [-0.4, -0.2) is 28.0 Å². The predicted molar refractivity (Wildman–Crippen MR) is 102 cm³/mol. The van der Waals surface area contributed by atoms with Crippen molar-refractivity contribution in [2.75, 3.05) is 6.61 Å². The van der Waals surface area contributed by atoms with Crippen molar-refractivity contribution in [1.82, 2.24) is 14.9 Å². The van der Waals surface area contributed by atoms with Crippen LogP contribution in [0.5, 0.6) is 0 Å². The predicted octanol–water partition coefficient (Wildman–Crippen LogP) is 0.836. The van der Waals surface area contributed by atoms with Crippen LogP contribution >= 0.6 is 0 Å². The molecule has 0 unspecified atom stereocenters. The number of aromatic amines is 1. The molecule has 0 fully saturated rings. The average molecular weight is 385 g/mol. The Balaban J connectivity index is 1.50. The smallest absolute Gasteiger partial charge is 0.328 e. The van der Waals surface area contributed by atoms with Crippen LogP contribution in [0.3, 0.4) is 0 Å². The minimum atomic E-state index is -0.745. The third-order valence-electron chi connectivity index (χ3n) is 4.81. The molecule has 8 nitrogen and oxygen atoms in total. The molecule has 0 radical (unpaired) electrons. The molecule has 1 aliphatic rings. The number of ether oxygens (including phenoxy) is 1. The topological polar surface area (TPSA) is 110 Å². The Hall–Kier alpha value is -3.16. The number of nitrogens with one attached hydrogen (secondary N) is 2. The maximum Gasteiger partial charge on any atom is 0.328 e. The van der Waals surface area contributed by atoms with Gasteiger partial charge in [-0.15, -0.1) is 0 Å².